The number of phosphoric ester groups is 1. The number of carbonyl (C=O) groups is 1. The van der Waals surface area contributed by atoms with Crippen molar-refractivity contribution in [1.29, 1.82) is 0 Å². The van der Waals surface area contributed by atoms with E-state index in [1.165, 1.54) is 36.2 Å². The molecule has 16 heteroatoms. The number of nitrogens with one attached hydrogen (secondary N) is 1. The van der Waals surface area contributed by atoms with E-state index in [-0.39, 0.29) is 36.7 Å². The number of hydrogen-bond donors (Lipinski definition) is 1. The van der Waals surface area contributed by atoms with Crippen LogP contribution in [-0.4, -0.2) is 58.1 Å². The smallest absolute Gasteiger partial charge is 0.476 e. The van der Waals surface area contributed by atoms with E-state index in [0.29, 0.717) is 16.8 Å². The van der Waals surface area contributed by atoms with Gasteiger partial charge < -0.3 is 19.5 Å². The molecule has 53 heavy (non-hydrogen) atoms. The second-order valence-corrected chi connectivity index (χ2v) is 14.4. The van der Waals surface area contributed by atoms with Crippen molar-refractivity contribution in [1.82, 2.24) is 19.9 Å². The lowest BCUT2D eigenvalue weighted by molar-refractivity contribution is -0.0502. The average Bonchev–Trinajstić information content (AvgIpc) is 3.66. The van der Waals surface area contributed by atoms with Crippen molar-refractivity contribution in [2.75, 3.05) is 7.11 Å². The maximum absolute atomic E-state index is 14.0. The molecule has 2 heterocycles. The number of ether oxygens (including phenoxy) is 3. The average molecular weight is 755 g/mol. The van der Waals surface area contributed by atoms with Crippen LogP contribution in [0.3, 0.4) is 0 Å². The molecule has 1 saturated carbocycles. The van der Waals surface area contributed by atoms with Gasteiger partial charge in [-0.15, -0.1) is 0 Å². The van der Waals surface area contributed by atoms with Crippen molar-refractivity contribution in [3.63, 3.8) is 0 Å². The molecular weight excluding hydrogens is 716 g/mol. The third-order valence-corrected chi connectivity index (χ3v) is 10.1. The van der Waals surface area contributed by atoms with Gasteiger partial charge in [-0.2, -0.15) is 13.9 Å². The highest BCUT2D eigenvalue weighted by molar-refractivity contribution is 7.48. The van der Waals surface area contributed by atoms with Crippen molar-refractivity contribution in [3.8, 4) is 28.4 Å². The van der Waals surface area contributed by atoms with Crippen LogP contribution in [0.15, 0.2) is 91.4 Å². The monoisotopic (exact) mass is 754 g/mol. The Morgan fingerprint density at radius 1 is 0.981 bits per heavy atom. The van der Waals surface area contributed by atoms with Crippen molar-refractivity contribution in [2.45, 2.75) is 70.9 Å². The Kier molecular flexibility index (Phi) is 11.4. The summed E-state index contributed by atoms with van der Waals surface area (Å²) in [5.41, 5.74) is 1.07. The first-order valence-electron chi connectivity index (χ1n) is 16.6. The zero-order valence-corrected chi connectivity index (χ0v) is 30.2. The minimum absolute atomic E-state index is 0.0158. The van der Waals surface area contributed by atoms with Gasteiger partial charge in [0.05, 0.1) is 45.0 Å². The van der Waals surface area contributed by atoms with Gasteiger partial charge in [-0.05, 0) is 49.6 Å². The maximum atomic E-state index is 14.0. The summed E-state index contributed by atoms with van der Waals surface area (Å²) < 4.78 is 89.8. The summed E-state index contributed by atoms with van der Waals surface area (Å²) in [6, 6.07) is 20.4. The summed E-state index contributed by atoms with van der Waals surface area (Å²) in [6.45, 7) is 1.82. The van der Waals surface area contributed by atoms with E-state index >= 15 is 0 Å². The van der Waals surface area contributed by atoms with Crippen LogP contribution in [0.1, 0.15) is 48.7 Å². The molecule has 1 N–H and O–H groups in total. The largest absolute Gasteiger partial charge is 0.496 e. The highest BCUT2D eigenvalue weighted by Crippen LogP contribution is 2.54. The van der Waals surface area contributed by atoms with E-state index in [9.17, 15) is 22.5 Å². The SMILES string of the molecule is COc1cc(-c2cnn3cc(O[C@@H](C)C(C)(C)OP(=O)(OCc4ccccc4)OCc4ccccc4)cnc23)cc(OC(F)F)c1C(=O)N[C@@H]1C[C@@H]1F. The van der Waals surface area contributed by atoms with Crippen LogP contribution in [0.2, 0.25) is 0 Å². The van der Waals surface area contributed by atoms with E-state index in [2.05, 4.69) is 15.4 Å². The van der Waals surface area contributed by atoms with Crippen LogP contribution < -0.4 is 19.5 Å². The second kappa shape index (κ2) is 16.0. The standard InChI is InChI=1S/C37H38F3N4O8P/c1-23(37(2,3)52-53(46,48-21-24-11-7-5-8-12-24)49-22-25-13-9-6-10-14-25)50-27-18-41-34-28(19-42-44(34)20-27)26-15-31(47-4)33(32(16-26)51-36(39)40)35(45)43-30-17-29(30)38/h5-16,18-20,23,29-30,36H,17,21-22H2,1-4H3,(H,43,45)/t23-,29-,30+/m0/s1. The molecule has 3 atom stereocenters. The normalized spacial score (nSPS) is 16.4. The van der Waals surface area contributed by atoms with E-state index in [0.717, 1.165) is 11.1 Å². The van der Waals surface area contributed by atoms with Gasteiger partial charge >= 0.3 is 14.4 Å². The quantitative estimate of drug-likeness (QED) is 0.0934. The minimum atomic E-state index is -4.16. The number of methoxy groups -OCH3 is 1. The van der Waals surface area contributed by atoms with Crippen LogP contribution in [-0.2, 0) is 31.4 Å². The van der Waals surface area contributed by atoms with Crippen LogP contribution in [0.25, 0.3) is 16.8 Å². The molecule has 3 aromatic carbocycles. The van der Waals surface area contributed by atoms with Crippen LogP contribution >= 0.6 is 7.82 Å². The number of rotatable bonds is 17. The lowest BCUT2D eigenvalue weighted by Crippen LogP contribution is -2.40. The third kappa shape index (κ3) is 9.35. The predicted octanol–water partition coefficient (Wildman–Crippen LogP) is 7.95. The Morgan fingerprint density at radius 2 is 1.58 bits per heavy atom. The van der Waals surface area contributed by atoms with E-state index in [1.54, 1.807) is 27.0 Å². The zero-order valence-electron chi connectivity index (χ0n) is 29.3. The summed E-state index contributed by atoms with van der Waals surface area (Å²) in [6.07, 6.45) is 2.63. The van der Waals surface area contributed by atoms with Gasteiger partial charge in [0.2, 0.25) is 0 Å². The molecule has 2 aromatic heterocycles. The maximum Gasteiger partial charge on any atom is 0.476 e. The molecule has 6 rings (SSSR count). The Bertz CT molecular complexity index is 2040. The number of alkyl halides is 3. The number of aromatic nitrogens is 3. The molecule has 12 nitrogen and oxygen atoms in total. The lowest BCUT2D eigenvalue weighted by Gasteiger charge is -2.34. The minimum Gasteiger partial charge on any atom is -0.496 e. The Hall–Kier alpha value is -4.95. The van der Waals surface area contributed by atoms with Gasteiger partial charge in [0, 0.05) is 12.0 Å². The zero-order chi connectivity index (χ0) is 37.8. The highest BCUT2D eigenvalue weighted by atomic mass is 31.2. The first-order chi connectivity index (χ1) is 25.3. The van der Waals surface area contributed by atoms with E-state index in [4.69, 9.17) is 27.8 Å². The van der Waals surface area contributed by atoms with Crippen molar-refractivity contribution >= 4 is 19.4 Å². The summed E-state index contributed by atoms with van der Waals surface area (Å²) in [4.78, 5) is 17.4. The first kappa shape index (κ1) is 37.8. The predicted molar refractivity (Wildman–Crippen MR) is 188 cm³/mol. The third-order valence-electron chi connectivity index (χ3n) is 8.51. The van der Waals surface area contributed by atoms with Crippen molar-refractivity contribution < 1.29 is 50.3 Å². The molecular formula is C37H38F3N4O8P. The number of carbonyl (C=O) groups excluding carboxylic acids is 1. The van der Waals surface area contributed by atoms with Crippen molar-refractivity contribution in [2.24, 2.45) is 0 Å². The first-order valence-corrected chi connectivity index (χ1v) is 18.1. The Morgan fingerprint density at radius 3 is 2.15 bits per heavy atom. The molecule has 0 bridgehead atoms. The Balaban J connectivity index is 1.20. The number of nitrogens with zero attached hydrogens (tertiary/aromatic N) is 3. The van der Waals surface area contributed by atoms with Gasteiger partial charge in [0.1, 0.15) is 34.9 Å². The fourth-order valence-corrected chi connectivity index (χ4v) is 6.77. The van der Waals surface area contributed by atoms with Gasteiger partial charge in [-0.1, -0.05) is 60.7 Å². The van der Waals surface area contributed by atoms with E-state index in [1.807, 2.05) is 60.7 Å². The molecule has 0 aliphatic heterocycles. The number of amides is 1. The number of phosphoric acid groups is 1. The molecule has 5 aromatic rings. The number of halogens is 3. The molecule has 0 radical (unpaired) electrons. The van der Waals surface area contributed by atoms with Gasteiger partial charge in [-0.3, -0.25) is 18.4 Å². The van der Waals surface area contributed by atoms with E-state index < -0.39 is 50.0 Å². The van der Waals surface area contributed by atoms with Gasteiger partial charge in [0.15, 0.2) is 11.4 Å². The second-order valence-electron chi connectivity index (χ2n) is 12.8. The molecule has 1 aliphatic rings. The summed E-state index contributed by atoms with van der Waals surface area (Å²) in [7, 11) is -2.89. The van der Waals surface area contributed by atoms with Gasteiger partial charge in [-0.25, -0.2) is 18.5 Å². The molecule has 0 unspecified atom stereocenters. The fourth-order valence-electron chi connectivity index (χ4n) is 5.25. The molecule has 0 saturated heterocycles. The number of benzene rings is 3. The Labute approximate surface area is 303 Å². The molecule has 1 fully saturated rings. The molecule has 280 valence electrons. The van der Waals surface area contributed by atoms with Crippen LogP contribution in [0.4, 0.5) is 13.2 Å². The molecule has 1 amide bonds. The summed E-state index contributed by atoms with van der Waals surface area (Å²) in [5.74, 6) is -1.06. The highest BCUT2D eigenvalue weighted by Gasteiger charge is 2.41. The number of hydrogen-bond acceptors (Lipinski definition) is 10. The fraction of sp³-hybridized carbons (Fsp3) is 0.324. The molecule has 0 spiro atoms. The van der Waals surface area contributed by atoms with Crippen LogP contribution in [0.5, 0.6) is 17.2 Å². The van der Waals surface area contributed by atoms with Crippen LogP contribution in [0, 0.1) is 0 Å². The lowest BCUT2D eigenvalue weighted by atomic mass is 10.0. The summed E-state index contributed by atoms with van der Waals surface area (Å²) >= 11 is 0. The van der Waals surface area contributed by atoms with Crippen molar-refractivity contribution in [3.05, 3.63) is 108 Å². The topological polar surface area (TPSA) is 132 Å². The summed E-state index contributed by atoms with van der Waals surface area (Å²) in [5, 5.41) is 6.82. The van der Waals surface area contributed by atoms with Gasteiger partial charge in [0.25, 0.3) is 5.91 Å². The number of fused-ring (bicyclic) bond motifs is 1. The molecule has 1 aliphatic carbocycles.